The zero-order valence-corrected chi connectivity index (χ0v) is 12.7. The molecule has 0 aromatic rings. The van der Waals surface area contributed by atoms with Crippen LogP contribution in [0.1, 0.15) is 44.9 Å². The fourth-order valence-electron chi connectivity index (χ4n) is 5.36. The van der Waals surface area contributed by atoms with Crippen molar-refractivity contribution < 1.29 is 19.4 Å². The summed E-state index contributed by atoms with van der Waals surface area (Å²) in [6, 6.07) is 0. The van der Waals surface area contributed by atoms with Gasteiger partial charge in [0.25, 0.3) is 0 Å². The van der Waals surface area contributed by atoms with Crippen LogP contribution in [-0.2, 0) is 14.3 Å². The molecule has 0 aliphatic heterocycles. The Morgan fingerprint density at radius 3 is 2.62 bits per heavy atom. The number of carbonyl (C=O) groups excluding carboxylic acids is 1. The zero-order valence-electron chi connectivity index (χ0n) is 12.7. The van der Waals surface area contributed by atoms with Crippen LogP contribution in [0.25, 0.3) is 0 Å². The molecule has 4 aliphatic rings. The first-order chi connectivity index (χ1) is 10.1. The van der Waals surface area contributed by atoms with Crippen LogP contribution < -0.4 is 0 Å². The number of carbonyl (C=O) groups is 1. The van der Waals surface area contributed by atoms with Gasteiger partial charge in [0.05, 0.1) is 6.61 Å². The van der Waals surface area contributed by atoms with E-state index in [9.17, 15) is 4.79 Å². The van der Waals surface area contributed by atoms with Crippen molar-refractivity contribution in [2.45, 2.75) is 50.5 Å². The summed E-state index contributed by atoms with van der Waals surface area (Å²) in [5.41, 5.74) is -0.0866. The second kappa shape index (κ2) is 5.73. The van der Waals surface area contributed by atoms with E-state index in [1.165, 1.54) is 25.3 Å². The van der Waals surface area contributed by atoms with Crippen molar-refractivity contribution in [2.24, 2.45) is 17.3 Å². The van der Waals surface area contributed by atoms with Gasteiger partial charge in [-0.05, 0) is 62.2 Å². The van der Waals surface area contributed by atoms with E-state index in [0.717, 1.165) is 25.9 Å². The van der Waals surface area contributed by atoms with Gasteiger partial charge in [0.1, 0.15) is 5.60 Å². The molecule has 4 saturated carbocycles. The first-order valence-corrected chi connectivity index (χ1v) is 8.13. The van der Waals surface area contributed by atoms with Crippen LogP contribution in [0.5, 0.6) is 0 Å². The Morgan fingerprint density at radius 2 is 2.00 bits per heavy atom. The Morgan fingerprint density at radius 1 is 1.29 bits per heavy atom. The molecule has 2 unspecified atom stereocenters. The Balaban J connectivity index is 1.69. The maximum absolute atomic E-state index is 11.7. The summed E-state index contributed by atoms with van der Waals surface area (Å²) >= 11 is 0. The molecule has 4 heteroatoms. The van der Waals surface area contributed by atoms with Gasteiger partial charge in [-0.1, -0.05) is 6.58 Å². The van der Waals surface area contributed by atoms with Gasteiger partial charge in [-0.2, -0.15) is 0 Å². The molecule has 2 atom stereocenters. The van der Waals surface area contributed by atoms with Crippen molar-refractivity contribution in [3.63, 3.8) is 0 Å². The third-order valence-electron chi connectivity index (χ3n) is 5.47. The summed E-state index contributed by atoms with van der Waals surface area (Å²) in [7, 11) is 0. The number of esters is 1. The smallest absolute Gasteiger partial charge is 0.330 e. The molecule has 0 radical (unpaired) electrons. The SMILES string of the molecule is C=CC(=O)OC12CC3CC(CC(COCCCO)(C3)C1)C2. The van der Waals surface area contributed by atoms with Crippen LogP contribution in [0.3, 0.4) is 0 Å². The van der Waals surface area contributed by atoms with Crippen LogP contribution in [0, 0.1) is 17.3 Å². The minimum atomic E-state index is -0.284. The molecule has 0 spiro atoms. The van der Waals surface area contributed by atoms with Gasteiger partial charge in [-0.3, -0.25) is 0 Å². The van der Waals surface area contributed by atoms with E-state index in [0.29, 0.717) is 24.9 Å². The van der Waals surface area contributed by atoms with Gasteiger partial charge in [0.15, 0.2) is 0 Å². The van der Waals surface area contributed by atoms with E-state index in [4.69, 9.17) is 14.6 Å². The Kier molecular flexibility index (Phi) is 4.10. The topological polar surface area (TPSA) is 55.8 Å². The molecule has 0 heterocycles. The molecular formula is C17H26O4. The molecule has 4 aliphatic carbocycles. The van der Waals surface area contributed by atoms with Crippen molar-refractivity contribution in [3.05, 3.63) is 12.7 Å². The first-order valence-electron chi connectivity index (χ1n) is 8.13. The summed E-state index contributed by atoms with van der Waals surface area (Å²) in [6.07, 6.45) is 8.63. The van der Waals surface area contributed by atoms with Gasteiger partial charge in [-0.25, -0.2) is 4.79 Å². The molecule has 1 N–H and O–H groups in total. The molecule has 4 fully saturated rings. The quantitative estimate of drug-likeness (QED) is 0.445. The first kappa shape index (κ1) is 15.0. The number of rotatable bonds is 7. The van der Waals surface area contributed by atoms with Crippen LogP contribution in [0.15, 0.2) is 12.7 Å². The summed E-state index contributed by atoms with van der Waals surface area (Å²) in [4.78, 5) is 11.7. The lowest BCUT2D eigenvalue weighted by Crippen LogP contribution is -2.58. The predicted molar refractivity (Wildman–Crippen MR) is 78.7 cm³/mol. The molecule has 0 aromatic carbocycles. The molecule has 4 rings (SSSR count). The highest BCUT2D eigenvalue weighted by molar-refractivity contribution is 5.81. The van der Waals surface area contributed by atoms with E-state index in [2.05, 4.69) is 6.58 Å². The van der Waals surface area contributed by atoms with Gasteiger partial charge < -0.3 is 14.6 Å². The van der Waals surface area contributed by atoms with Crippen molar-refractivity contribution in [3.8, 4) is 0 Å². The molecule has 4 nitrogen and oxygen atoms in total. The van der Waals surface area contributed by atoms with E-state index in [-0.39, 0.29) is 23.6 Å². The highest BCUT2D eigenvalue weighted by Crippen LogP contribution is 2.62. The summed E-state index contributed by atoms with van der Waals surface area (Å²) in [5, 5.41) is 8.85. The van der Waals surface area contributed by atoms with Crippen LogP contribution >= 0.6 is 0 Å². The average Bonchev–Trinajstić information content (AvgIpc) is 2.41. The molecule has 4 bridgehead atoms. The zero-order chi connectivity index (χ0) is 14.9. The predicted octanol–water partition coefficient (Wildman–Crippen LogP) is 2.45. The van der Waals surface area contributed by atoms with E-state index < -0.39 is 0 Å². The standard InChI is InChI=1S/C17H26O4/c1-2-15(19)21-17-9-13-6-14(10-17)8-16(7-13,11-17)12-20-5-3-4-18/h2,13-14,18H,1,3-12H2. The monoisotopic (exact) mass is 294 g/mol. The van der Waals surface area contributed by atoms with Gasteiger partial charge in [0, 0.05) is 19.3 Å². The average molecular weight is 294 g/mol. The summed E-state index contributed by atoms with van der Waals surface area (Å²) in [5.74, 6) is 1.06. The number of hydrogen-bond acceptors (Lipinski definition) is 4. The molecule has 0 aromatic heterocycles. The fraction of sp³-hybridized carbons (Fsp3) is 0.824. The Bertz CT molecular complexity index is 403. The van der Waals surface area contributed by atoms with Crippen molar-refractivity contribution >= 4 is 5.97 Å². The summed E-state index contributed by atoms with van der Waals surface area (Å²) in [6.45, 7) is 5.06. The largest absolute Gasteiger partial charge is 0.456 e. The van der Waals surface area contributed by atoms with Crippen molar-refractivity contribution in [2.75, 3.05) is 19.8 Å². The van der Waals surface area contributed by atoms with Crippen LogP contribution in [0.4, 0.5) is 0 Å². The van der Waals surface area contributed by atoms with Gasteiger partial charge in [-0.15, -0.1) is 0 Å². The minimum absolute atomic E-state index is 0.180. The number of hydrogen-bond donors (Lipinski definition) is 1. The van der Waals surface area contributed by atoms with E-state index >= 15 is 0 Å². The van der Waals surface area contributed by atoms with Gasteiger partial charge in [0.2, 0.25) is 0 Å². The second-order valence-corrected chi connectivity index (χ2v) is 7.40. The summed E-state index contributed by atoms with van der Waals surface area (Å²) < 4.78 is 11.6. The fourth-order valence-corrected chi connectivity index (χ4v) is 5.36. The minimum Gasteiger partial charge on any atom is -0.456 e. The van der Waals surface area contributed by atoms with Crippen molar-refractivity contribution in [1.82, 2.24) is 0 Å². The number of ether oxygens (including phenoxy) is 2. The lowest BCUT2D eigenvalue weighted by Gasteiger charge is -2.61. The Labute approximate surface area is 126 Å². The van der Waals surface area contributed by atoms with E-state index in [1.807, 2.05) is 0 Å². The maximum atomic E-state index is 11.7. The van der Waals surface area contributed by atoms with Gasteiger partial charge >= 0.3 is 5.97 Å². The normalized spacial score (nSPS) is 40.2. The number of aliphatic hydroxyl groups excluding tert-OH is 1. The third kappa shape index (κ3) is 3.02. The highest BCUT2D eigenvalue weighted by Gasteiger charge is 2.59. The lowest BCUT2D eigenvalue weighted by molar-refractivity contribution is -0.205. The lowest BCUT2D eigenvalue weighted by atomic mass is 9.48. The maximum Gasteiger partial charge on any atom is 0.330 e. The molecular weight excluding hydrogens is 268 g/mol. The highest BCUT2D eigenvalue weighted by atomic mass is 16.6. The molecule has 0 saturated heterocycles. The number of aliphatic hydroxyl groups is 1. The molecule has 21 heavy (non-hydrogen) atoms. The van der Waals surface area contributed by atoms with Crippen molar-refractivity contribution in [1.29, 1.82) is 0 Å². The molecule has 0 amide bonds. The van der Waals surface area contributed by atoms with Crippen LogP contribution in [-0.4, -0.2) is 36.5 Å². The third-order valence-corrected chi connectivity index (χ3v) is 5.47. The molecule has 118 valence electrons. The second-order valence-electron chi connectivity index (χ2n) is 7.40. The van der Waals surface area contributed by atoms with E-state index in [1.54, 1.807) is 0 Å². The van der Waals surface area contributed by atoms with Crippen LogP contribution in [0.2, 0.25) is 0 Å². The Hall–Kier alpha value is -0.870.